The fraction of sp³-hybridized carbons (Fsp3) is 0.435. The SMILES string of the molecule is CCNC(=NCc1ncccc1C)NCCc1ccc(NC(=O)OC(C)(C)C)cc1. The van der Waals surface area contributed by atoms with Crippen molar-refractivity contribution in [3.8, 4) is 0 Å². The fourth-order valence-corrected chi connectivity index (χ4v) is 2.68. The highest BCUT2D eigenvalue weighted by molar-refractivity contribution is 5.84. The molecule has 0 unspecified atom stereocenters. The van der Waals surface area contributed by atoms with Crippen LogP contribution in [0.1, 0.15) is 44.5 Å². The van der Waals surface area contributed by atoms with Gasteiger partial charge in [-0.2, -0.15) is 0 Å². The molecule has 0 atom stereocenters. The first-order chi connectivity index (χ1) is 14.3. The van der Waals surface area contributed by atoms with Crippen LogP contribution in [0.4, 0.5) is 10.5 Å². The lowest BCUT2D eigenvalue weighted by Crippen LogP contribution is -2.38. The van der Waals surface area contributed by atoms with Gasteiger partial charge in [-0.1, -0.05) is 18.2 Å². The second kappa shape index (κ2) is 11.2. The Kier molecular flexibility index (Phi) is 8.65. The molecule has 0 saturated carbocycles. The van der Waals surface area contributed by atoms with Gasteiger partial charge in [0.25, 0.3) is 0 Å². The van der Waals surface area contributed by atoms with Gasteiger partial charge in [-0.3, -0.25) is 10.3 Å². The second-order valence-electron chi connectivity index (χ2n) is 7.96. The van der Waals surface area contributed by atoms with Crippen LogP contribution in [0.3, 0.4) is 0 Å². The second-order valence-corrected chi connectivity index (χ2v) is 7.96. The zero-order chi connectivity index (χ0) is 22.0. The van der Waals surface area contributed by atoms with E-state index in [1.165, 1.54) is 0 Å². The lowest BCUT2D eigenvalue weighted by atomic mass is 10.1. The van der Waals surface area contributed by atoms with Gasteiger partial charge in [0.2, 0.25) is 0 Å². The Balaban J connectivity index is 1.84. The molecule has 7 heteroatoms. The first-order valence-corrected chi connectivity index (χ1v) is 10.3. The average molecular weight is 412 g/mol. The zero-order valence-electron chi connectivity index (χ0n) is 18.6. The van der Waals surface area contributed by atoms with Gasteiger partial charge in [-0.15, -0.1) is 0 Å². The number of nitrogens with zero attached hydrogens (tertiary/aromatic N) is 2. The highest BCUT2D eigenvalue weighted by Crippen LogP contribution is 2.13. The maximum atomic E-state index is 11.8. The van der Waals surface area contributed by atoms with E-state index in [2.05, 4.69) is 25.9 Å². The van der Waals surface area contributed by atoms with Crippen molar-refractivity contribution in [2.24, 2.45) is 4.99 Å². The smallest absolute Gasteiger partial charge is 0.412 e. The number of guanidine groups is 1. The minimum absolute atomic E-state index is 0.452. The number of aryl methyl sites for hydroxylation is 1. The van der Waals surface area contributed by atoms with Gasteiger partial charge in [0, 0.05) is 25.0 Å². The molecular weight excluding hydrogens is 378 g/mol. The van der Waals surface area contributed by atoms with E-state index in [0.717, 1.165) is 42.3 Å². The highest BCUT2D eigenvalue weighted by atomic mass is 16.6. The molecule has 1 amide bonds. The Labute approximate surface area is 179 Å². The normalized spacial score (nSPS) is 11.7. The van der Waals surface area contributed by atoms with Crippen molar-refractivity contribution in [2.45, 2.75) is 53.2 Å². The molecule has 2 aromatic rings. The van der Waals surface area contributed by atoms with E-state index < -0.39 is 11.7 Å². The van der Waals surface area contributed by atoms with Crippen LogP contribution in [-0.2, 0) is 17.7 Å². The van der Waals surface area contributed by atoms with Gasteiger partial charge >= 0.3 is 6.09 Å². The summed E-state index contributed by atoms with van der Waals surface area (Å²) in [5.74, 6) is 0.769. The van der Waals surface area contributed by atoms with Crippen LogP contribution in [-0.4, -0.2) is 35.7 Å². The number of nitrogens with one attached hydrogen (secondary N) is 3. The van der Waals surface area contributed by atoms with E-state index in [4.69, 9.17) is 4.74 Å². The summed E-state index contributed by atoms with van der Waals surface area (Å²) in [6.45, 7) is 11.7. The molecule has 1 aromatic carbocycles. The quantitative estimate of drug-likeness (QED) is 0.473. The minimum Gasteiger partial charge on any atom is -0.444 e. The zero-order valence-corrected chi connectivity index (χ0v) is 18.6. The van der Waals surface area contributed by atoms with Gasteiger partial charge in [-0.25, -0.2) is 9.79 Å². The number of hydrogen-bond donors (Lipinski definition) is 3. The topological polar surface area (TPSA) is 87.6 Å². The number of aromatic nitrogens is 1. The third kappa shape index (κ3) is 8.51. The molecule has 30 heavy (non-hydrogen) atoms. The maximum absolute atomic E-state index is 11.8. The number of carbonyl (C=O) groups is 1. The summed E-state index contributed by atoms with van der Waals surface area (Å²) < 4.78 is 5.26. The van der Waals surface area contributed by atoms with Crippen molar-refractivity contribution in [3.05, 3.63) is 59.4 Å². The van der Waals surface area contributed by atoms with Crippen LogP contribution >= 0.6 is 0 Å². The molecule has 3 N–H and O–H groups in total. The lowest BCUT2D eigenvalue weighted by Gasteiger charge is -2.19. The number of benzene rings is 1. The lowest BCUT2D eigenvalue weighted by molar-refractivity contribution is 0.0636. The molecular formula is C23H33N5O2. The predicted octanol–water partition coefficient (Wildman–Crippen LogP) is 4.03. The van der Waals surface area contributed by atoms with Gasteiger partial charge < -0.3 is 15.4 Å². The number of carbonyl (C=O) groups excluding carboxylic acids is 1. The van der Waals surface area contributed by atoms with Gasteiger partial charge in [-0.05, 0) is 70.4 Å². The van der Waals surface area contributed by atoms with E-state index >= 15 is 0 Å². The first kappa shape index (κ1) is 23.2. The van der Waals surface area contributed by atoms with Gasteiger partial charge in [0.1, 0.15) is 5.60 Å². The van der Waals surface area contributed by atoms with Crippen molar-refractivity contribution in [1.82, 2.24) is 15.6 Å². The Bertz CT molecular complexity index is 841. The minimum atomic E-state index is -0.517. The monoisotopic (exact) mass is 411 g/mol. The number of ether oxygens (including phenoxy) is 1. The van der Waals surface area contributed by atoms with Gasteiger partial charge in [0.05, 0.1) is 12.2 Å². The van der Waals surface area contributed by atoms with Crippen molar-refractivity contribution < 1.29 is 9.53 Å². The van der Waals surface area contributed by atoms with Crippen LogP contribution in [0.2, 0.25) is 0 Å². The van der Waals surface area contributed by atoms with E-state index in [0.29, 0.717) is 12.2 Å². The number of anilines is 1. The van der Waals surface area contributed by atoms with Crippen molar-refractivity contribution in [2.75, 3.05) is 18.4 Å². The van der Waals surface area contributed by atoms with Crippen LogP contribution < -0.4 is 16.0 Å². The first-order valence-electron chi connectivity index (χ1n) is 10.3. The molecule has 0 spiro atoms. The summed E-state index contributed by atoms with van der Waals surface area (Å²) >= 11 is 0. The van der Waals surface area contributed by atoms with Gasteiger partial charge in [0.15, 0.2) is 5.96 Å². The molecule has 0 fully saturated rings. The van der Waals surface area contributed by atoms with Crippen LogP contribution in [0.25, 0.3) is 0 Å². The molecule has 1 aromatic heterocycles. The predicted molar refractivity (Wildman–Crippen MR) is 122 cm³/mol. The molecule has 0 aliphatic carbocycles. The van der Waals surface area contributed by atoms with Crippen molar-refractivity contribution in [1.29, 1.82) is 0 Å². The summed E-state index contributed by atoms with van der Waals surface area (Å²) in [6.07, 6.45) is 2.17. The summed E-state index contributed by atoms with van der Waals surface area (Å²) in [6, 6.07) is 11.7. The maximum Gasteiger partial charge on any atom is 0.412 e. The Morgan fingerprint density at radius 3 is 2.50 bits per heavy atom. The molecule has 7 nitrogen and oxygen atoms in total. The average Bonchev–Trinajstić information content (AvgIpc) is 2.67. The Morgan fingerprint density at radius 1 is 1.13 bits per heavy atom. The van der Waals surface area contributed by atoms with E-state index in [-0.39, 0.29) is 0 Å². The number of hydrogen-bond acceptors (Lipinski definition) is 4. The van der Waals surface area contributed by atoms with Crippen molar-refractivity contribution >= 4 is 17.7 Å². The summed E-state index contributed by atoms with van der Waals surface area (Å²) in [5.41, 5.74) is 3.46. The molecule has 0 bridgehead atoms. The summed E-state index contributed by atoms with van der Waals surface area (Å²) in [5, 5.41) is 9.35. The standard InChI is InChI=1S/C23H33N5O2/c1-6-24-21(27-16-20-17(2)8-7-14-25-20)26-15-13-18-9-11-19(12-10-18)28-22(29)30-23(3,4)5/h7-12,14H,6,13,15-16H2,1-5H3,(H,28,29)(H2,24,26,27). The molecule has 1 heterocycles. The number of pyridine rings is 1. The third-order valence-corrected chi connectivity index (χ3v) is 4.15. The summed E-state index contributed by atoms with van der Waals surface area (Å²) in [4.78, 5) is 20.8. The fourth-order valence-electron chi connectivity index (χ4n) is 2.68. The molecule has 0 saturated heterocycles. The highest BCUT2D eigenvalue weighted by Gasteiger charge is 2.16. The van der Waals surface area contributed by atoms with E-state index in [1.807, 2.05) is 71.0 Å². The Morgan fingerprint density at radius 2 is 1.87 bits per heavy atom. The van der Waals surface area contributed by atoms with Crippen LogP contribution in [0.5, 0.6) is 0 Å². The largest absolute Gasteiger partial charge is 0.444 e. The number of amides is 1. The molecule has 0 radical (unpaired) electrons. The van der Waals surface area contributed by atoms with Crippen molar-refractivity contribution in [3.63, 3.8) is 0 Å². The van der Waals surface area contributed by atoms with E-state index in [1.54, 1.807) is 6.20 Å². The third-order valence-electron chi connectivity index (χ3n) is 4.15. The molecule has 2 rings (SSSR count). The van der Waals surface area contributed by atoms with E-state index in [9.17, 15) is 4.79 Å². The molecule has 0 aliphatic heterocycles. The van der Waals surface area contributed by atoms with Crippen LogP contribution in [0, 0.1) is 6.92 Å². The van der Waals surface area contributed by atoms with Crippen LogP contribution in [0.15, 0.2) is 47.6 Å². The summed E-state index contributed by atoms with van der Waals surface area (Å²) in [7, 11) is 0. The number of aliphatic imine (C=N–C) groups is 1. The molecule has 0 aliphatic rings. The number of rotatable bonds is 7. The Hall–Kier alpha value is -3.09. The molecule has 162 valence electrons.